The van der Waals surface area contributed by atoms with E-state index in [1.807, 2.05) is 0 Å². The number of nitrogens with zero attached hydrogens (tertiary/aromatic N) is 2. The molecule has 0 radical (unpaired) electrons. The highest BCUT2D eigenvalue weighted by Crippen LogP contribution is 2.37. The molecule has 1 aromatic rings. The minimum absolute atomic E-state index is 0.261. The number of esters is 1. The Kier molecular flexibility index (Phi) is 5.55. The number of rotatable bonds is 5. The quantitative estimate of drug-likeness (QED) is 0.599. The summed E-state index contributed by atoms with van der Waals surface area (Å²) in [5.74, 6) is 0.0985. The predicted octanol–water partition coefficient (Wildman–Crippen LogP) is 1.24. The average Bonchev–Trinajstić information content (AvgIpc) is 2.52. The van der Waals surface area contributed by atoms with Crippen molar-refractivity contribution in [1.29, 1.82) is 0 Å². The second kappa shape index (κ2) is 7.43. The molecule has 0 unspecified atom stereocenters. The normalized spacial score (nSPS) is 17.2. The zero-order valence-electron chi connectivity index (χ0n) is 14.2. The fourth-order valence-corrected chi connectivity index (χ4v) is 2.67. The second-order valence-electron chi connectivity index (χ2n) is 5.33. The van der Waals surface area contributed by atoms with E-state index in [0.29, 0.717) is 21.9 Å². The van der Waals surface area contributed by atoms with E-state index in [1.165, 1.54) is 20.5 Å². The summed E-state index contributed by atoms with van der Waals surface area (Å²) in [7, 11) is 2.96. The molecule has 2 N–H and O–H groups in total. The second-order valence-corrected chi connectivity index (χ2v) is 5.74. The summed E-state index contributed by atoms with van der Waals surface area (Å²) in [5.41, 5.74) is 1.42. The van der Waals surface area contributed by atoms with Crippen molar-refractivity contribution >= 4 is 23.3 Å². The summed E-state index contributed by atoms with van der Waals surface area (Å²) in [5, 5.41) is 6.34. The lowest BCUT2D eigenvalue weighted by Gasteiger charge is -2.30. The lowest BCUT2D eigenvalue weighted by atomic mass is 9.96. The van der Waals surface area contributed by atoms with Crippen molar-refractivity contribution in [1.82, 2.24) is 20.6 Å². The third kappa shape index (κ3) is 3.56. The minimum Gasteiger partial charge on any atom is -0.481 e. The van der Waals surface area contributed by atoms with Gasteiger partial charge in [0.25, 0.3) is 0 Å². The van der Waals surface area contributed by atoms with Gasteiger partial charge in [-0.1, -0.05) is 0 Å². The highest BCUT2D eigenvalue weighted by Gasteiger charge is 2.36. The first-order chi connectivity index (χ1) is 11.4. The Hall–Kier alpha value is -2.42. The summed E-state index contributed by atoms with van der Waals surface area (Å²) in [6.07, 6.45) is 1.06. The topological polar surface area (TPSA) is 94.6 Å². The van der Waals surface area contributed by atoms with E-state index >= 15 is 0 Å². The standard InChI is InChI=1S/C15H20N4O4S/c1-7(2)23-14(20)9-8(3)18-15(24)19-11(9)10-12(21-4)16-6-17-13(10)22-5/h6-7,11H,1-5H3,(H2,18,19,24)/t11-/m1/s1. The number of methoxy groups -OCH3 is 2. The maximum atomic E-state index is 12.6. The molecule has 1 aliphatic heterocycles. The van der Waals surface area contributed by atoms with Gasteiger partial charge < -0.3 is 24.8 Å². The fraction of sp³-hybridized carbons (Fsp3) is 0.467. The zero-order chi connectivity index (χ0) is 17.9. The van der Waals surface area contributed by atoms with E-state index in [1.54, 1.807) is 20.8 Å². The summed E-state index contributed by atoms with van der Waals surface area (Å²) in [6.45, 7) is 5.31. The van der Waals surface area contributed by atoms with Crippen LogP contribution in [0, 0.1) is 0 Å². The maximum Gasteiger partial charge on any atom is 0.338 e. The van der Waals surface area contributed by atoms with Crippen LogP contribution in [0.15, 0.2) is 17.6 Å². The van der Waals surface area contributed by atoms with Gasteiger partial charge in [0.2, 0.25) is 11.8 Å². The highest BCUT2D eigenvalue weighted by molar-refractivity contribution is 7.80. The number of hydrogen-bond acceptors (Lipinski definition) is 7. The molecule has 0 saturated heterocycles. The highest BCUT2D eigenvalue weighted by atomic mass is 32.1. The fourth-order valence-electron chi connectivity index (χ4n) is 2.40. The molecule has 1 atom stereocenters. The van der Waals surface area contributed by atoms with Gasteiger partial charge in [-0.15, -0.1) is 0 Å². The Bertz CT molecular complexity index is 668. The van der Waals surface area contributed by atoms with Crippen LogP contribution in [-0.4, -0.2) is 41.4 Å². The molecule has 0 amide bonds. The predicted molar refractivity (Wildman–Crippen MR) is 90.7 cm³/mol. The molecule has 0 spiro atoms. The van der Waals surface area contributed by atoms with Crippen LogP contribution in [-0.2, 0) is 9.53 Å². The van der Waals surface area contributed by atoms with Crippen LogP contribution < -0.4 is 20.1 Å². The molecule has 1 aromatic heterocycles. The number of carbonyl (C=O) groups is 1. The van der Waals surface area contributed by atoms with E-state index in [-0.39, 0.29) is 17.9 Å². The molecule has 9 heteroatoms. The number of thiocarbonyl (C=S) groups is 1. The van der Waals surface area contributed by atoms with Gasteiger partial charge in [0.1, 0.15) is 11.9 Å². The van der Waals surface area contributed by atoms with E-state index < -0.39 is 12.0 Å². The maximum absolute atomic E-state index is 12.6. The molecule has 1 aliphatic rings. The van der Waals surface area contributed by atoms with Crippen LogP contribution in [0.2, 0.25) is 0 Å². The lowest BCUT2D eigenvalue weighted by Crippen LogP contribution is -2.45. The van der Waals surface area contributed by atoms with Crippen LogP contribution >= 0.6 is 12.2 Å². The summed E-state index contributed by atoms with van der Waals surface area (Å²) in [6, 6.07) is -0.656. The Morgan fingerprint density at radius 3 is 2.33 bits per heavy atom. The van der Waals surface area contributed by atoms with Crippen molar-refractivity contribution in [3.63, 3.8) is 0 Å². The molecule has 0 aromatic carbocycles. The van der Waals surface area contributed by atoms with Crippen molar-refractivity contribution in [3.8, 4) is 11.8 Å². The van der Waals surface area contributed by atoms with Gasteiger partial charge in [-0.25, -0.2) is 14.8 Å². The van der Waals surface area contributed by atoms with Crippen molar-refractivity contribution in [2.75, 3.05) is 14.2 Å². The zero-order valence-corrected chi connectivity index (χ0v) is 15.0. The van der Waals surface area contributed by atoms with Gasteiger partial charge in [-0.3, -0.25) is 0 Å². The molecule has 0 aliphatic carbocycles. The van der Waals surface area contributed by atoms with Gasteiger partial charge >= 0.3 is 5.97 Å². The number of ether oxygens (including phenoxy) is 3. The van der Waals surface area contributed by atoms with Crippen molar-refractivity contribution < 1.29 is 19.0 Å². The lowest BCUT2D eigenvalue weighted by molar-refractivity contribution is -0.143. The van der Waals surface area contributed by atoms with E-state index in [9.17, 15) is 4.79 Å². The Morgan fingerprint density at radius 2 is 1.83 bits per heavy atom. The third-order valence-corrected chi connectivity index (χ3v) is 3.54. The third-order valence-electron chi connectivity index (χ3n) is 3.32. The summed E-state index contributed by atoms with van der Waals surface area (Å²) >= 11 is 5.22. The Morgan fingerprint density at radius 1 is 1.25 bits per heavy atom. The van der Waals surface area contributed by atoms with E-state index in [2.05, 4.69) is 20.6 Å². The first kappa shape index (κ1) is 17.9. The first-order valence-electron chi connectivity index (χ1n) is 7.31. The van der Waals surface area contributed by atoms with Gasteiger partial charge in [0.05, 0.1) is 31.9 Å². The molecule has 130 valence electrons. The Labute approximate surface area is 145 Å². The summed E-state index contributed by atoms with van der Waals surface area (Å²) in [4.78, 5) is 20.8. The van der Waals surface area contributed by atoms with Crippen LogP contribution in [0.1, 0.15) is 32.4 Å². The summed E-state index contributed by atoms with van der Waals surface area (Å²) < 4.78 is 16.0. The molecule has 2 rings (SSSR count). The number of allylic oxidation sites excluding steroid dienone is 1. The number of carbonyl (C=O) groups excluding carboxylic acids is 1. The molecule has 2 heterocycles. The molecular weight excluding hydrogens is 332 g/mol. The minimum atomic E-state index is -0.656. The molecule has 8 nitrogen and oxygen atoms in total. The average molecular weight is 352 g/mol. The van der Waals surface area contributed by atoms with Crippen LogP contribution in [0.25, 0.3) is 0 Å². The molecular formula is C15H20N4O4S. The largest absolute Gasteiger partial charge is 0.481 e. The Balaban J connectivity index is 2.59. The van der Waals surface area contributed by atoms with Crippen LogP contribution in [0.3, 0.4) is 0 Å². The number of hydrogen-bond donors (Lipinski definition) is 2. The van der Waals surface area contributed by atoms with Crippen molar-refractivity contribution in [3.05, 3.63) is 23.2 Å². The van der Waals surface area contributed by atoms with E-state index in [4.69, 9.17) is 26.4 Å². The first-order valence-corrected chi connectivity index (χ1v) is 7.72. The van der Waals surface area contributed by atoms with Crippen molar-refractivity contribution in [2.24, 2.45) is 0 Å². The molecule has 0 fully saturated rings. The van der Waals surface area contributed by atoms with Gasteiger partial charge in [-0.05, 0) is 33.0 Å². The smallest absolute Gasteiger partial charge is 0.338 e. The SMILES string of the molecule is COc1ncnc(OC)c1[C@@H]1NC(=S)NC(C)=C1C(=O)OC(C)C. The van der Waals surface area contributed by atoms with Gasteiger partial charge in [0, 0.05) is 5.70 Å². The van der Waals surface area contributed by atoms with Crippen molar-refractivity contribution in [2.45, 2.75) is 32.9 Å². The monoisotopic (exact) mass is 352 g/mol. The van der Waals surface area contributed by atoms with E-state index in [0.717, 1.165) is 0 Å². The van der Waals surface area contributed by atoms with Crippen LogP contribution in [0.4, 0.5) is 0 Å². The van der Waals surface area contributed by atoms with Gasteiger partial charge in [-0.2, -0.15) is 0 Å². The van der Waals surface area contributed by atoms with Gasteiger partial charge in [0.15, 0.2) is 5.11 Å². The van der Waals surface area contributed by atoms with Crippen LogP contribution in [0.5, 0.6) is 11.8 Å². The number of aromatic nitrogens is 2. The molecule has 24 heavy (non-hydrogen) atoms. The number of nitrogens with one attached hydrogen (secondary N) is 2. The molecule has 0 saturated carbocycles. The molecule has 0 bridgehead atoms.